The molecule has 0 aliphatic heterocycles. The van der Waals surface area contributed by atoms with Crippen LogP contribution in [-0.2, 0) is 11.2 Å². The maximum absolute atomic E-state index is 12.6. The van der Waals surface area contributed by atoms with Gasteiger partial charge in [0.05, 0.1) is 24.4 Å². The number of nitrogens with one attached hydrogen (secondary N) is 1. The largest absolute Gasteiger partial charge is 0.390 e. The fourth-order valence-corrected chi connectivity index (χ4v) is 3.60. The zero-order chi connectivity index (χ0) is 21.0. The van der Waals surface area contributed by atoms with E-state index in [0.717, 1.165) is 33.7 Å². The molecule has 0 bridgehead atoms. The number of amides is 1. The van der Waals surface area contributed by atoms with Gasteiger partial charge in [-0.25, -0.2) is 4.99 Å². The predicted molar refractivity (Wildman–Crippen MR) is 118 cm³/mol. The number of aliphatic imine (C=N–C) groups is 1. The number of amidine groups is 1. The van der Waals surface area contributed by atoms with Crippen LogP contribution in [0.1, 0.15) is 34.5 Å². The lowest BCUT2D eigenvalue weighted by molar-refractivity contribution is 0.0858. The van der Waals surface area contributed by atoms with Gasteiger partial charge in [-0.1, -0.05) is 22.0 Å². The number of nitrogens with zero attached hydrogens (tertiary/aromatic N) is 2. The van der Waals surface area contributed by atoms with Crippen molar-refractivity contribution in [3.8, 4) is 0 Å². The Labute approximate surface area is 179 Å². The van der Waals surface area contributed by atoms with Crippen molar-refractivity contribution in [1.82, 2.24) is 10.2 Å². The Morgan fingerprint density at radius 3 is 2.72 bits per heavy atom. The second-order valence-corrected chi connectivity index (χ2v) is 8.10. The van der Waals surface area contributed by atoms with Gasteiger partial charge in [-0.05, 0) is 54.4 Å². The van der Waals surface area contributed by atoms with E-state index in [1.165, 1.54) is 0 Å². The smallest absolute Gasteiger partial charge is 0.251 e. The average molecular weight is 460 g/mol. The Morgan fingerprint density at radius 1 is 1.31 bits per heavy atom. The molecule has 154 valence electrons. The van der Waals surface area contributed by atoms with E-state index in [-0.39, 0.29) is 5.91 Å². The monoisotopic (exact) mass is 459 g/mol. The van der Waals surface area contributed by atoms with E-state index < -0.39 is 12.1 Å². The minimum Gasteiger partial charge on any atom is -0.390 e. The molecule has 3 rings (SSSR count). The van der Waals surface area contributed by atoms with Crippen molar-refractivity contribution >= 4 is 33.4 Å². The van der Waals surface area contributed by atoms with Gasteiger partial charge in [-0.15, -0.1) is 0 Å². The van der Waals surface area contributed by atoms with Crippen molar-refractivity contribution in [3.63, 3.8) is 0 Å². The zero-order valence-electron chi connectivity index (χ0n) is 16.9. The maximum Gasteiger partial charge on any atom is 0.251 e. The van der Waals surface area contributed by atoms with E-state index in [1.54, 1.807) is 19.2 Å². The third-order valence-electron chi connectivity index (χ3n) is 5.15. The quantitative estimate of drug-likeness (QED) is 0.512. The van der Waals surface area contributed by atoms with Crippen molar-refractivity contribution in [2.75, 3.05) is 27.3 Å². The fourth-order valence-electron chi connectivity index (χ4n) is 3.34. The third-order valence-corrected chi connectivity index (χ3v) is 5.67. The van der Waals surface area contributed by atoms with Crippen molar-refractivity contribution in [2.45, 2.75) is 25.5 Å². The highest BCUT2D eigenvalue weighted by atomic mass is 79.9. The lowest BCUT2D eigenvalue weighted by Crippen LogP contribution is -2.33. The molecule has 0 saturated heterocycles. The maximum atomic E-state index is 12.6. The predicted octanol–water partition coefficient (Wildman–Crippen LogP) is 3.47. The number of carbonyl (C=O) groups excluding carboxylic acids is 1. The molecule has 2 N–H and O–H groups in total. The first kappa shape index (κ1) is 21.5. The minimum absolute atomic E-state index is 0.209. The number of rotatable bonds is 6. The third kappa shape index (κ3) is 5.23. The van der Waals surface area contributed by atoms with Gasteiger partial charge in [0.2, 0.25) is 0 Å². The summed E-state index contributed by atoms with van der Waals surface area (Å²) < 4.78 is 6.02. The highest BCUT2D eigenvalue weighted by Gasteiger charge is 2.32. The summed E-state index contributed by atoms with van der Waals surface area (Å²) >= 11 is 3.37. The Hall–Kier alpha value is -2.22. The molecule has 2 aromatic carbocycles. The molecule has 2 atom stereocenters. The molecule has 0 saturated carbocycles. The number of aliphatic hydroxyl groups is 1. The van der Waals surface area contributed by atoms with Crippen LogP contribution < -0.4 is 5.32 Å². The molecule has 0 aromatic heterocycles. The van der Waals surface area contributed by atoms with Gasteiger partial charge in [-0.2, -0.15) is 0 Å². The average Bonchev–Trinajstić information content (AvgIpc) is 3.01. The van der Waals surface area contributed by atoms with Crippen LogP contribution in [0.2, 0.25) is 0 Å². The number of ether oxygens (including phenoxy) is 1. The molecule has 0 heterocycles. The first-order chi connectivity index (χ1) is 13.9. The van der Waals surface area contributed by atoms with Gasteiger partial charge in [-0.3, -0.25) is 4.79 Å². The number of fused-ring (bicyclic) bond motifs is 1. The molecule has 0 unspecified atom stereocenters. The van der Waals surface area contributed by atoms with Crippen molar-refractivity contribution < 1.29 is 14.6 Å². The van der Waals surface area contributed by atoms with Crippen LogP contribution in [-0.4, -0.2) is 55.2 Å². The highest BCUT2D eigenvalue weighted by molar-refractivity contribution is 9.10. The SMILES string of the molecule is COCCN(C)C(C)=Nc1ccc2c(c1)[C@@H](NC(=O)c1ccc(Br)cc1)[C@H](O)C2. The number of aliphatic hydroxyl groups excluding tert-OH is 1. The number of methoxy groups -OCH3 is 1. The summed E-state index contributed by atoms with van der Waals surface area (Å²) in [6, 6.07) is 12.6. The summed E-state index contributed by atoms with van der Waals surface area (Å²) in [5.41, 5.74) is 3.29. The van der Waals surface area contributed by atoms with Gasteiger partial charge in [0, 0.05) is 37.2 Å². The fraction of sp³-hybridized carbons (Fsp3) is 0.364. The van der Waals surface area contributed by atoms with Crippen LogP contribution in [0.25, 0.3) is 0 Å². The summed E-state index contributed by atoms with van der Waals surface area (Å²) in [4.78, 5) is 19.3. The molecule has 0 radical (unpaired) electrons. The molecule has 6 nitrogen and oxygen atoms in total. The molecule has 0 fully saturated rings. The van der Waals surface area contributed by atoms with Gasteiger partial charge in [0.1, 0.15) is 5.84 Å². The summed E-state index contributed by atoms with van der Waals surface area (Å²) in [6.07, 6.45) is -0.147. The van der Waals surface area contributed by atoms with Gasteiger partial charge >= 0.3 is 0 Å². The summed E-state index contributed by atoms with van der Waals surface area (Å²) in [5.74, 6) is 0.662. The topological polar surface area (TPSA) is 74.2 Å². The van der Waals surface area contributed by atoms with E-state index in [2.05, 4.69) is 26.2 Å². The number of hydrogen-bond donors (Lipinski definition) is 2. The van der Waals surface area contributed by atoms with E-state index in [4.69, 9.17) is 4.74 Å². The van der Waals surface area contributed by atoms with Gasteiger partial charge in [0.25, 0.3) is 5.91 Å². The van der Waals surface area contributed by atoms with Crippen molar-refractivity contribution in [3.05, 3.63) is 63.6 Å². The van der Waals surface area contributed by atoms with Crippen LogP contribution in [0.4, 0.5) is 5.69 Å². The Kier molecular flexibility index (Phi) is 7.05. The lowest BCUT2D eigenvalue weighted by Gasteiger charge is -2.19. The summed E-state index contributed by atoms with van der Waals surface area (Å²) in [6.45, 7) is 3.33. The molecule has 1 aliphatic carbocycles. The molecule has 29 heavy (non-hydrogen) atoms. The standard InChI is InChI=1S/C22H26BrN3O3/c1-14(26(2)10-11-29-3)24-18-9-6-16-12-20(27)21(19(16)13-18)25-22(28)15-4-7-17(23)8-5-15/h4-9,13,20-21,27H,10-12H2,1-3H3,(H,25,28)/t20-,21-/m1/s1. The molecular weight excluding hydrogens is 434 g/mol. The van der Waals surface area contributed by atoms with Crippen LogP contribution >= 0.6 is 15.9 Å². The normalized spacial score (nSPS) is 18.4. The number of likely N-dealkylation sites (N-methyl/N-ethyl adjacent to an activating group) is 1. The number of hydrogen-bond acceptors (Lipinski definition) is 4. The second kappa shape index (κ2) is 9.52. The molecule has 2 aromatic rings. The number of carbonyl (C=O) groups is 1. The second-order valence-electron chi connectivity index (χ2n) is 7.19. The molecule has 7 heteroatoms. The summed E-state index contributed by atoms with van der Waals surface area (Å²) in [5, 5.41) is 13.5. The van der Waals surface area contributed by atoms with E-state index >= 15 is 0 Å². The van der Waals surface area contributed by atoms with Gasteiger partial charge in [0.15, 0.2) is 0 Å². The first-order valence-corrected chi connectivity index (χ1v) is 10.3. The van der Waals surface area contributed by atoms with Crippen LogP contribution in [0, 0.1) is 0 Å². The molecule has 1 amide bonds. The molecule has 1 aliphatic rings. The highest BCUT2D eigenvalue weighted by Crippen LogP contribution is 2.34. The van der Waals surface area contributed by atoms with Crippen LogP contribution in [0.3, 0.4) is 0 Å². The van der Waals surface area contributed by atoms with Crippen molar-refractivity contribution in [2.24, 2.45) is 4.99 Å². The van der Waals surface area contributed by atoms with Crippen molar-refractivity contribution in [1.29, 1.82) is 0 Å². The van der Waals surface area contributed by atoms with Crippen LogP contribution in [0.5, 0.6) is 0 Å². The minimum atomic E-state index is -0.658. The number of benzene rings is 2. The Morgan fingerprint density at radius 2 is 2.03 bits per heavy atom. The number of halogens is 1. The van der Waals surface area contributed by atoms with E-state index in [0.29, 0.717) is 18.6 Å². The molecular formula is C22H26BrN3O3. The lowest BCUT2D eigenvalue weighted by atomic mass is 10.1. The molecule has 0 spiro atoms. The van der Waals surface area contributed by atoms with Gasteiger partial charge < -0.3 is 20.1 Å². The Balaban J connectivity index is 1.79. The van der Waals surface area contributed by atoms with E-state index in [1.807, 2.05) is 49.2 Å². The van der Waals surface area contributed by atoms with E-state index in [9.17, 15) is 9.90 Å². The zero-order valence-corrected chi connectivity index (χ0v) is 18.4. The summed E-state index contributed by atoms with van der Waals surface area (Å²) in [7, 11) is 3.64. The van der Waals surface area contributed by atoms with Crippen LogP contribution in [0.15, 0.2) is 51.9 Å². The Bertz CT molecular complexity index is 899. The first-order valence-electron chi connectivity index (χ1n) is 9.51.